The average Bonchev–Trinajstić information content (AvgIpc) is 3.17. The van der Waals surface area contributed by atoms with Crippen LogP contribution in [0.5, 0.6) is 0 Å². The van der Waals surface area contributed by atoms with Gasteiger partial charge >= 0.3 is 0 Å². The molecule has 0 unspecified atom stereocenters. The Kier molecular flexibility index (Phi) is 16.9. The topological polar surface area (TPSA) is 32.5 Å². The van der Waals surface area contributed by atoms with Crippen molar-refractivity contribution in [3.63, 3.8) is 0 Å². The lowest BCUT2D eigenvalue weighted by Crippen LogP contribution is -2.46. The molecule has 4 fully saturated rings. The van der Waals surface area contributed by atoms with Gasteiger partial charge < -0.3 is 5.73 Å². The van der Waals surface area contributed by atoms with Gasteiger partial charge in [0.15, 0.2) is 0 Å². The van der Waals surface area contributed by atoms with Crippen LogP contribution in [-0.2, 0) is 0 Å². The first-order valence-corrected chi connectivity index (χ1v) is 17.1. The number of rotatable bonds is 0. The van der Waals surface area contributed by atoms with Crippen LogP contribution in [0.25, 0.3) is 0 Å². The molecule has 0 amide bonds. The second-order valence-corrected chi connectivity index (χ2v) is 17.8. The van der Waals surface area contributed by atoms with Gasteiger partial charge in [0.2, 0.25) is 0 Å². The minimum Gasteiger partial charge on any atom is -0.326 e. The molecule has 0 bridgehead atoms. The summed E-state index contributed by atoms with van der Waals surface area (Å²) in [5, 5.41) is 0. The largest absolute Gasteiger partial charge is 0.326 e. The molecule has 2 aliphatic carbocycles. The minimum atomic E-state index is 0. The molecule has 4 rings (SSSR count). The molecule has 2 saturated carbocycles. The Hall–Kier alpha value is -0.120. The molecule has 0 aromatic carbocycles. The molecule has 244 valence electrons. The molecule has 0 aromatic heterocycles. The highest BCUT2D eigenvalue weighted by molar-refractivity contribution is 5.16. The van der Waals surface area contributed by atoms with Gasteiger partial charge in [-0.25, -0.2) is 0 Å². The standard InChI is InChI=1S/2C12H23N.C5H12.C4H11N.2C2H6/c1-8-10-9(12(10,5)6)7-13(8)11(2,3)4;1-9-11-7-5-6-10(11)8-13(9)12(2,3)4;1-5(2,3)4;1-4(2,3)5;2*1-2/h8-10H,7H2,1-6H3;9-11H,5-8H2,1-4H3;1-4H3;5H2,1-3H3;2*1-2H3/t8-,9+,10-;9-,10+,11-;;;;/m11..../s1. The Morgan fingerprint density at radius 2 is 0.975 bits per heavy atom. The van der Waals surface area contributed by atoms with Crippen molar-refractivity contribution in [2.24, 2.45) is 40.2 Å². The zero-order chi connectivity index (χ0) is 32.7. The first-order valence-electron chi connectivity index (χ1n) is 17.1. The maximum atomic E-state index is 5.35. The molecule has 0 aromatic rings. The van der Waals surface area contributed by atoms with Crippen LogP contribution in [0, 0.1) is 34.5 Å². The zero-order valence-electron chi connectivity index (χ0n) is 32.0. The fraction of sp³-hybridized carbons (Fsp3) is 1.00. The van der Waals surface area contributed by atoms with Gasteiger partial charge in [-0.15, -0.1) is 0 Å². The number of fused-ring (bicyclic) bond motifs is 2. The third kappa shape index (κ3) is 14.4. The van der Waals surface area contributed by atoms with Crippen molar-refractivity contribution in [1.82, 2.24) is 9.80 Å². The Bertz CT molecular complexity index is 637. The third-order valence-corrected chi connectivity index (χ3v) is 8.53. The Morgan fingerprint density at radius 1 is 0.625 bits per heavy atom. The fourth-order valence-corrected chi connectivity index (χ4v) is 7.01. The molecular formula is C37H81N3. The van der Waals surface area contributed by atoms with Crippen molar-refractivity contribution in [3.05, 3.63) is 0 Å². The predicted molar refractivity (Wildman–Crippen MR) is 185 cm³/mol. The monoisotopic (exact) mass is 568 g/mol. The predicted octanol–water partition coefficient (Wildman–Crippen LogP) is 10.5. The highest BCUT2D eigenvalue weighted by Crippen LogP contribution is 2.65. The second-order valence-electron chi connectivity index (χ2n) is 17.8. The van der Waals surface area contributed by atoms with Gasteiger partial charge in [0, 0.05) is 41.8 Å². The van der Waals surface area contributed by atoms with Gasteiger partial charge in [0.25, 0.3) is 0 Å². The van der Waals surface area contributed by atoms with Crippen molar-refractivity contribution in [1.29, 1.82) is 0 Å². The number of piperidine rings is 1. The molecule has 6 atom stereocenters. The maximum Gasteiger partial charge on any atom is 0.0128 e. The summed E-state index contributed by atoms with van der Waals surface area (Å²) >= 11 is 0. The first kappa shape index (κ1) is 42.0. The van der Waals surface area contributed by atoms with E-state index in [1.807, 2.05) is 48.5 Å². The Labute approximate surface area is 256 Å². The zero-order valence-corrected chi connectivity index (χ0v) is 32.0. The fourth-order valence-electron chi connectivity index (χ4n) is 7.01. The SMILES string of the molecule is CC.CC.CC(C)(C)C.CC(C)(C)N.C[C@@H]1[C@@H]2[C@H](CN1C(C)(C)C)C2(C)C.C[C@@H]1[C@H]2CCC[C@H]2CN1C(C)(C)C. The van der Waals surface area contributed by atoms with Crippen LogP contribution in [-0.4, -0.2) is 51.6 Å². The van der Waals surface area contributed by atoms with Crippen LogP contribution in [0.4, 0.5) is 0 Å². The molecular weight excluding hydrogens is 486 g/mol. The van der Waals surface area contributed by atoms with E-state index in [1.54, 1.807) is 0 Å². The molecule has 3 heteroatoms. The quantitative estimate of drug-likeness (QED) is 0.316. The number of nitrogens with two attached hydrogens (primary N) is 1. The summed E-state index contributed by atoms with van der Waals surface area (Å²) in [7, 11) is 0. The summed E-state index contributed by atoms with van der Waals surface area (Å²) in [4.78, 5) is 5.38. The van der Waals surface area contributed by atoms with Crippen molar-refractivity contribution in [2.75, 3.05) is 13.1 Å². The van der Waals surface area contributed by atoms with Gasteiger partial charge in [-0.05, 0) is 124 Å². The lowest BCUT2D eigenvalue weighted by molar-refractivity contribution is 0.0889. The molecule has 4 aliphatic rings. The van der Waals surface area contributed by atoms with Gasteiger partial charge in [-0.1, -0.05) is 75.7 Å². The van der Waals surface area contributed by atoms with Gasteiger partial charge in [-0.3, -0.25) is 9.80 Å². The first-order chi connectivity index (χ1) is 17.8. The van der Waals surface area contributed by atoms with Gasteiger partial charge in [-0.2, -0.15) is 0 Å². The average molecular weight is 568 g/mol. The molecule has 2 N–H and O–H groups in total. The molecule has 2 heterocycles. The number of hydrogen-bond donors (Lipinski definition) is 1. The lowest BCUT2D eigenvalue weighted by atomic mass is 9.95. The van der Waals surface area contributed by atoms with E-state index in [9.17, 15) is 0 Å². The number of nitrogens with zero attached hydrogens (tertiary/aromatic N) is 2. The van der Waals surface area contributed by atoms with Crippen molar-refractivity contribution in [2.45, 2.75) is 193 Å². The molecule has 0 spiro atoms. The summed E-state index contributed by atoms with van der Waals surface area (Å²) in [5.74, 6) is 3.97. The third-order valence-electron chi connectivity index (χ3n) is 8.53. The minimum absolute atomic E-state index is 0. The van der Waals surface area contributed by atoms with E-state index in [2.05, 4.69) is 107 Å². The normalized spacial score (nSPS) is 30.8. The van der Waals surface area contributed by atoms with Crippen LogP contribution >= 0.6 is 0 Å². The van der Waals surface area contributed by atoms with E-state index in [0.29, 0.717) is 21.9 Å². The summed E-state index contributed by atoms with van der Waals surface area (Å²) in [6, 6.07) is 1.62. The molecule has 2 aliphatic heterocycles. The van der Waals surface area contributed by atoms with Crippen LogP contribution in [0.2, 0.25) is 0 Å². The van der Waals surface area contributed by atoms with Crippen LogP contribution < -0.4 is 5.73 Å². The highest BCUT2D eigenvalue weighted by atomic mass is 15.3. The van der Waals surface area contributed by atoms with E-state index in [1.165, 1.54) is 32.4 Å². The summed E-state index contributed by atoms with van der Waals surface area (Å²) in [5.41, 5.74) is 7.24. The molecule has 40 heavy (non-hydrogen) atoms. The van der Waals surface area contributed by atoms with E-state index in [4.69, 9.17) is 5.73 Å². The van der Waals surface area contributed by atoms with Crippen LogP contribution in [0.1, 0.15) is 165 Å². The van der Waals surface area contributed by atoms with Crippen molar-refractivity contribution in [3.8, 4) is 0 Å². The molecule has 3 nitrogen and oxygen atoms in total. The van der Waals surface area contributed by atoms with Gasteiger partial charge in [0.1, 0.15) is 0 Å². The molecule has 0 radical (unpaired) electrons. The summed E-state index contributed by atoms with van der Waals surface area (Å²) < 4.78 is 0. The smallest absolute Gasteiger partial charge is 0.0128 e. The van der Waals surface area contributed by atoms with Crippen molar-refractivity contribution >= 4 is 0 Å². The Balaban J connectivity index is 0. The number of hydrogen-bond acceptors (Lipinski definition) is 3. The van der Waals surface area contributed by atoms with Crippen LogP contribution in [0.3, 0.4) is 0 Å². The van der Waals surface area contributed by atoms with E-state index in [0.717, 1.165) is 35.8 Å². The maximum absolute atomic E-state index is 5.35. The van der Waals surface area contributed by atoms with E-state index >= 15 is 0 Å². The second kappa shape index (κ2) is 16.1. The van der Waals surface area contributed by atoms with Gasteiger partial charge in [0.05, 0.1) is 0 Å². The van der Waals surface area contributed by atoms with E-state index < -0.39 is 0 Å². The number of likely N-dealkylation sites (tertiary alicyclic amines) is 2. The lowest BCUT2D eigenvalue weighted by Gasteiger charge is -2.39. The Morgan fingerprint density at radius 3 is 1.25 bits per heavy atom. The van der Waals surface area contributed by atoms with Crippen LogP contribution in [0.15, 0.2) is 0 Å². The van der Waals surface area contributed by atoms with E-state index in [-0.39, 0.29) is 5.54 Å². The summed E-state index contributed by atoms with van der Waals surface area (Å²) in [6.45, 7) is 49.1. The molecule has 2 saturated heterocycles. The highest BCUT2D eigenvalue weighted by Gasteiger charge is 2.66. The van der Waals surface area contributed by atoms with Crippen molar-refractivity contribution < 1.29 is 0 Å². The summed E-state index contributed by atoms with van der Waals surface area (Å²) in [6.07, 6.45) is 4.46.